The van der Waals surface area contributed by atoms with Crippen molar-refractivity contribution in [1.29, 1.82) is 0 Å². The first-order chi connectivity index (χ1) is 9.61. The van der Waals surface area contributed by atoms with E-state index in [0.29, 0.717) is 12.2 Å². The lowest BCUT2D eigenvalue weighted by Crippen LogP contribution is -2.18. The molecule has 3 nitrogen and oxygen atoms in total. The predicted molar refractivity (Wildman–Crippen MR) is 82.9 cm³/mol. The molecule has 3 atom stereocenters. The molecule has 1 aliphatic heterocycles. The van der Waals surface area contributed by atoms with E-state index in [1.54, 1.807) is 0 Å². The summed E-state index contributed by atoms with van der Waals surface area (Å²) >= 11 is 0. The molecule has 2 N–H and O–H groups in total. The van der Waals surface area contributed by atoms with Crippen molar-refractivity contribution in [3.8, 4) is 0 Å². The molecule has 0 aliphatic carbocycles. The predicted octanol–water partition coefficient (Wildman–Crippen LogP) is 3.10. The third kappa shape index (κ3) is 2.89. The smallest absolute Gasteiger partial charge is 0.0758 e. The van der Waals surface area contributed by atoms with Gasteiger partial charge in [-0.3, -0.25) is 0 Å². The number of nitrogens with two attached hydrogens (primary N) is 1. The molecule has 1 fully saturated rings. The Morgan fingerprint density at radius 3 is 2.90 bits per heavy atom. The summed E-state index contributed by atoms with van der Waals surface area (Å²) in [5.74, 6) is 0. The van der Waals surface area contributed by atoms with Gasteiger partial charge >= 0.3 is 0 Å². The Morgan fingerprint density at radius 1 is 1.35 bits per heavy atom. The van der Waals surface area contributed by atoms with E-state index in [2.05, 4.69) is 48.9 Å². The molecular weight excluding hydrogens is 248 g/mol. The second-order valence-electron chi connectivity index (χ2n) is 6.19. The van der Waals surface area contributed by atoms with E-state index in [0.717, 1.165) is 13.0 Å². The molecule has 0 radical (unpaired) electrons. The van der Waals surface area contributed by atoms with Gasteiger partial charge in [0, 0.05) is 24.3 Å². The third-order valence-corrected chi connectivity index (χ3v) is 4.12. The van der Waals surface area contributed by atoms with Crippen molar-refractivity contribution >= 4 is 10.9 Å². The Bertz CT molecular complexity index is 588. The fourth-order valence-electron chi connectivity index (χ4n) is 3.13. The van der Waals surface area contributed by atoms with Crippen LogP contribution in [0.3, 0.4) is 0 Å². The Labute approximate surface area is 120 Å². The van der Waals surface area contributed by atoms with Gasteiger partial charge in [0.05, 0.1) is 12.2 Å². The monoisotopic (exact) mass is 272 g/mol. The summed E-state index contributed by atoms with van der Waals surface area (Å²) in [5.41, 5.74) is 8.51. The van der Waals surface area contributed by atoms with Gasteiger partial charge in [-0.25, -0.2) is 0 Å². The summed E-state index contributed by atoms with van der Waals surface area (Å²) in [5, 5.41) is 1.30. The Hall–Kier alpha value is -1.32. The van der Waals surface area contributed by atoms with Crippen LogP contribution in [0, 0.1) is 0 Å². The molecular formula is C17H24N2O. The van der Waals surface area contributed by atoms with Crippen LogP contribution in [0.5, 0.6) is 0 Å². The number of hydrogen-bond donors (Lipinski definition) is 1. The quantitative estimate of drug-likeness (QED) is 0.929. The minimum atomic E-state index is 0.204. The highest BCUT2D eigenvalue weighted by molar-refractivity contribution is 5.80. The number of aromatic nitrogens is 1. The molecule has 0 saturated carbocycles. The number of ether oxygens (including phenoxy) is 1. The Morgan fingerprint density at radius 2 is 2.20 bits per heavy atom. The second kappa shape index (κ2) is 5.58. The van der Waals surface area contributed by atoms with Gasteiger partial charge < -0.3 is 15.0 Å². The van der Waals surface area contributed by atoms with Crippen molar-refractivity contribution in [1.82, 2.24) is 4.57 Å². The van der Waals surface area contributed by atoms with Crippen LogP contribution in [-0.2, 0) is 17.7 Å². The first-order valence-corrected chi connectivity index (χ1v) is 7.60. The molecule has 1 saturated heterocycles. The maximum absolute atomic E-state index is 5.94. The minimum absolute atomic E-state index is 0.204. The molecule has 1 aliphatic rings. The molecule has 2 aromatic rings. The molecule has 0 spiro atoms. The largest absolute Gasteiger partial charge is 0.373 e. The summed E-state index contributed by atoms with van der Waals surface area (Å²) in [6.45, 7) is 5.17. The zero-order chi connectivity index (χ0) is 14.1. The van der Waals surface area contributed by atoms with E-state index in [9.17, 15) is 0 Å². The first kappa shape index (κ1) is 13.7. The van der Waals surface area contributed by atoms with Gasteiger partial charge in [0.2, 0.25) is 0 Å². The molecule has 0 amide bonds. The van der Waals surface area contributed by atoms with Gasteiger partial charge in [-0.2, -0.15) is 0 Å². The Kier molecular flexibility index (Phi) is 3.81. The van der Waals surface area contributed by atoms with Gasteiger partial charge in [0.15, 0.2) is 0 Å². The zero-order valence-corrected chi connectivity index (χ0v) is 12.4. The lowest BCUT2D eigenvalue weighted by Gasteiger charge is -2.14. The van der Waals surface area contributed by atoms with Crippen molar-refractivity contribution in [2.45, 2.75) is 57.9 Å². The van der Waals surface area contributed by atoms with Crippen LogP contribution < -0.4 is 5.73 Å². The van der Waals surface area contributed by atoms with Gasteiger partial charge in [0.1, 0.15) is 0 Å². The van der Waals surface area contributed by atoms with Gasteiger partial charge in [0.25, 0.3) is 0 Å². The molecule has 2 heterocycles. The topological polar surface area (TPSA) is 40.2 Å². The number of rotatable bonds is 4. The molecule has 108 valence electrons. The van der Waals surface area contributed by atoms with Crippen LogP contribution in [0.4, 0.5) is 0 Å². The maximum Gasteiger partial charge on any atom is 0.0758 e. The van der Waals surface area contributed by atoms with Crippen LogP contribution in [0.1, 0.15) is 32.3 Å². The van der Waals surface area contributed by atoms with E-state index in [-0.39, 0.29) is 6.04 Å². The van der Waals surface area contributed by atoms with E-state index < -0.39 is 0 Å². The van der Waals surface area contributed by atoms with Crippen LogP contribution in [0.2, 0.25) is 0 Å². The van der Waals surface area contributed by atoms with E-state index in [4.69, 9.17) is 10.5 Å². The number of nitrogens with zero attached hydrogens (tertiary/aromatic N) is 1. The fraction of sp³-hybridized carbons (Fsp3) is 0.529. The lowest BCUT2D eigenvalue weighted by atomic mass is 10.1. The summed E-state index contributed by atoms with van der Waals surface area (Å²) < 4.78 is 8.26. The molecule has 3 heteroatoms. The SMILES string of the molecule is CC(N)Cc1ccc2ccn(CC3CCC(C)O3)c2c1. The Balaban J connectivity index is 1.83. The third-order valence-electron chi connectivity index (χ3n) is 4.12. The first-order valence-electron chi connectivity index (χ1n) is 7.60. The van der Waals surface area contributed by atoms with Crippen LogP contribution in [0.25, 0.3) is 10.9 Å². The maximum atomic E-state index is 5.94. The van der Waals surface area contributed by atoms with E-state index in [1.807, 2.05) is 0 Å². The fourth-order valence-corrected chi connectivity index (χ4v) is 3.13. The summed E-state index contributed by atoms with van der Waals surface area (Å²) in [6.07, 6.45) is 6.22. The van der Waals surface area contributed by atoms with Crippen molar-refractivity contribution in [2.24, 2.45) is 5.73 Å². The second-order valence-corrected chi connectivity index (χ2v) is 6.19. The average molecular weight is 272 g/mol. The number of fused-ring (bicyclic) bond motifs is 1. The highest BCUT2D eigenvalue weighted by atomic mass is 16.5. The van der Waals surface area contributed by atoms with Gasteiger partial charge in [-0.05, 0) is 56.2 Å². The van der Waals surface area contributed by atoms with Crippen molar-refractivity contribution < 1.29 is 4.74 Å². The lowest BCUT2D eigenvalue weighted by molar-refractivity contribution is 0.0465. The van der Waals surface area contributed by atoms with Crippen molar-refractivity contribution in [3.63, 3.8) is 0 Å². The minimum Gasteiger partial charge on any atom is -0.373 e. The normalized spacial score (nSPS) is 24.4. The zero-order valence-electron chi connectivity index (χ0n) is 12.4. The molecule has 3 unspecified atom stereocenters. The number of hydrogen-bond acceptors (Lipinski definition) is 2. The molecule has 1 aromatic heterocycles. The van der Waals surface area contributed by atoms with Crippen molar-refractivity contribution in [3.05, 3.63) is 36.0 Å². The van der Waals surface area contributed by atoms with Gasteiger partial charge in [-0.15, -0.1) is 0 Å². The highest BCUT2D eigenvalue weighted by Gasteiger charge is 2.22. The number of benzene rings is 1. The summed E-state index contributed by atoms with van der Waals surface area (Å²) in [6, 6.07) is 9.04. The summed E-state index contributed by atoms with van der Waals surface area (Å²) in [4.78, 5) is 0. The molecule has 0 bridgehead atoms. The van der Waals surface area contributed by atoms with E-state index in [1.165, 1.54) is 29.3 Å². The average Bonchev–Trinajstić information content (AvgIpc) is 2.97. The molecule has 1 aromatic carbocycles. The van der Waals surface area contributed by atoms with Crippen LogP contribution in [-0.4, -0.2) is 22.8 Å². The molecule has 3 rings (SSSR count). The van der Waals surface area contributed by atoms with Gasteiger partial charge in [-0.1, -0.05) is 12.1 Å². The molecule has 20 heavy (non-hydrogen) atoms. The van der Waals surface area contributed by atoms with Crippen LogP contribution in [0.15, 0.2) is 30.5 Å². The summed E-state index contributed by atoms with van der Waals surface area (Å²) in [7, 11) is 0. The van der Waals surface area contributed by atoms with Crippen molar-refractivity contribution in [2.75, 3.05) is 0 Å². The van der Waals surface area contributed by atoms with Crippen LogP contribution >= 0.6 is 0 Å². The highest BCUT2D eigenvalue weighted by Crippen LogP contribution is 2.24. The standard InChI is InChI=1S/C17H24N2O/c1-12(18)9-14-4-5-15-7-8-19(17(15)10-14)11-16-6-3-13(2)20-16/h4-5,7-8,10,12-13,16H,3,6,9,11,18H2,1-2H3. The van der Waals surface area contributed by atoms with E-state index >= 15 is 0 Å².